The zero-order chi connectivity index (χ0) is 25.8. The minimum atomic E-state index is -2.52. The van der Waals surface area contributed by atoms with Crippen molar-refractivity contribution in [2.75, 3.05) is 38.5 Å². The molecule has 3 aromatic rings. The predicted octanol–water partition coefficient (Wildman–Crippen LogP) is 7.89. The highest BCUT2D eigenvalue weighted by atomic mass is 31.2. The van der Waals surface area contributed by atoms with Crippen LogP contribution in [0.5, 0.6) is 0 Å². The number of nitrogens with zero attached hydrogens (tertiary/aromatic N) is 3. The number of benzene rings is 3. The summed E-state index contributed by atoms with van der Waals surface area (Å²) in [5, 5.41) is 0. The first-order chi connectivity index (χ1) is 17.1. The van der Waals surface area contributed by atoms with Gasteiger partial charge < -0.3 is 0 Å². The maximum Gasteiger partial charge on any atom is 0.170 e. The van der Waals surface area contributed by atoms with Crippen molar-refractivity contribution in [2.24, 2.45) is 13.5 Å². The Labute approximate surface area is 212 Å². The summed E-state index contributed by atoms with van der Waals surface area (Å²) in [4.78, 5) is 39.6. The molecule has 1 aliphatic heterocycles. The van der Waals surface area contributed by atoms with Gasteiger partial charge in [0.25, 0.3) is 0 Å². The van der Waals surface area contributed by atoms with E-state index in [2.05, 4.69) is 0 Å². The lowest BCUT2D eigenvalue weighted by Crippen LogP contribution is -2.11. The van der Waals surface area contributed by atoms with Gasteiger partial charge in [0.1, 0.15) is 0 Å². The molecule has 4 rings (SSSR count). The number of Topliss-reactive ketones (excluding diaryl/α,β-unsaturated/α-hetero) is 3. The Morgan fingerprint density at radius 2 is 0.694 bits per heavy atom. The predicted molar refractivity (Wildman–Crippen MR) is 153 cm³/mol. The number of ketones is 3. The Balaban J connectivity index is 1.75. The Morgan fingerprint density at radius 1 is 0.472 bits per heavy atom. The van der Waals surface area contributed by atoms with Gasteiger partial charge in [0.05, 0.1) is 40.1 Å². The van der Waals surface area contributed by atoms with Crippen LogP contribution in [0.25, 0.3) is 0 Å². The molecule has 36 heavy (non-hydrogen) atoms. The van der Waals surface area contributed by atoms with Crippen LogP contribution in [0, 0.1) is 0 Å². The van der Waals surface area contributed by atoms with Crippen LogP contribution in [0.1, 0.15) is 31.1 Å². The summed E-state index contributed by atoms with van der Waals surface area (Å²) in [6, 6.07) is 27.4. The lowest BCUT2D eigenvalue weighted by molar-refractivity contribution is 0.101. The summed E-state index contributed by atoms with van der Waals surface area (Å²) in [7, 11) is -7.57. The number of rotatable bonds is 9. The van der Waals surface area contributed by atoms with Gasteiger partial charge in [0.2, 0.25) is 0 Å². The van der Waals surface area contributed by atoms with Gasteiger partial charge in [0.15, 0.2) is 17.3 Å². The number of hydrogen-bond donors (Lipinski definition) is 0. The normalized spacial score (nSPS) is 25.1. The van der Waals surface area contributed by atoms with E-state index in [1.165, 1.54) is 0 Å². The fourth-order valence-corrected chi connectivity index (χ4v) is 19.5. The summed E-state index contributed by atoms with van der Waals surface area (Å²) >= 11 is 0. The second kappa shape index (κ2) is 10.8. The van der Waals surface area contributed by atoms with Crippen LogP contribution in [0.2, 0.25) is 0 Å². The fraction of sp³-hybridized carbons (Fsp3) is 0.222. The van der Waals surface area contributed by atoms with Gasteiger partial charge in [-0.3, -0.25) is 14.4 Å². The molecule has 0 aliphatic carbocycles. The molecule has 0 unspecified atom stereocenters. The minimum Gasteiger partial charge on any atom is -0.294 e. The van der Waals surface area contributed by atoms with Crippen molar-refractivity contribution >= 4 is 39.0 Å². The fourth-order valence-electron chi connectivity index (χ4n) is 4.45. The van der Waals surface area contributed by atoms with Crippen molar-refractivity contribution < 1.29 is 14.4 Å². The highest BCUT2D eigenvalue weighted by Crippen LogP contribution is 2.75. The van der Waals surface area contributed by atoms with E-state index in [1.807, 2.05) is 74.6 Å². The number of carbonyl (C=O) groups excluding carboxylic acids is 3. The van der Waals surface area contributed by atoms with Crippen molar-refractivity contribution in [2.45, 2.75) is 0 Å². The van der Waals surface area contributed by atoms with E-state index in [0.717, 1.165) is 0 Å². The quantitative estimate of drug-likeness (QED) is 0.205. The number of carbonyl (C=O) groups is 3. The van der Waals surface area contributed by atoms with Crippen molar-refractivity contribution in [3.8, 4) is 0 Å². The van der Waals surface area contributed by atoms with E-state index in [-0.39, 0.29) is 35.8 Å². The second-order valence-electron chi connectivity index (χ2n) is 9.38. The van der Waals surface area contributed by atoms with Gasteiger partial charge in [-0.05, 0) is 20.0 Å². The van der Waals surface area contributed by atoms with E-state index >= 15 is 0 Å². The molecule has 0 spiro atoms. The first kappa shape index (κ1) is 26.4. The molecular weight excluding hydrogens is 507 g/mol. The molecule has 9 heteroatoms. The van der Waals surface area contributed by atoms with Crippen molar-refractivity contribution in [3.63, 3.8) is 0 Å². The monoisotopic (exact) mass is 537 g/mol. The molecular formula is C27H30N3O3P3. The van der Waals surface area contributed by atoms with E-state index in [1.54, 1.807) is 36.4 Å². The highest BCUT2D eigenvalue weighted by molar-refractivity contribution is 7.87. The SMILES string of the molecule is CP1(CC(=O)c2ccccc2)=NP(C)(CC(=O)c2ccccc2)=NP(C)(CC(=O)c2ccccc2)=N1. The van der Waals surface area contributed by atoms with Crippen molar-refractivity contribution in [1.82, 2.24) is 0 Å². The van der Waals surface area contributed by atoms with Gasteiger partial charge in [-0.25, -0.2) is 13.5 Å². The topological polar surface area (TPSA) is 88.3 Å². The molecule has 0 atom stereocenters. The molecule has 186 valence electrons. The van der Waals surface area contributed by atoms with Gasteiger partial charge in [0, 0.05) is 16.7 Å². The maximum atomic E-state index is 13.2. The Hall–Kier alpha value is -2.64. The average Bonchev–Trinajstić information content (AvgIpc) is 2.84. The summed E-state index contributed by atoms with van der Waals surface area (Å²) in [5.74, 6) is -0.0758. The average molecular weight is 537 g/mol. The molecule has 6 nitrogen and oxygen atoms in total. The Kier molecular flexibility index (Phi) is 7.90. The zero-order valence-corrected chi connectivity index (χ0v) is 23.4. The summed E-state index contributed by atoms with van der Waals surface area (Å²) in [5.41, 5.74) is 1.85. The Morgan fingerprint density at radius 3 is 0.917 bits per heavy atom. The molecule has 1 aliphatic rings. The summed E-state index contributed by atoms with van der Waals surface area (Å²) in [6.07, 6.45) is 0.532. The van der Waals surface area contributed by atoms with Crippen LogP contribution < -0.4 is 0 Å². The molecule has 0 N–H and O–H groups in total. The van der Waals surface area contributed by atoms with Crippen LogP contribution >= 0.6 is 21.6 Å². The van der Waals surface area contributed by atoms with Gasteiger partial charge in [-0.2, -0.15) is 0 Å². The van der Waals surface area contributed by atoms with E-state index in [0.29, 0.717) is 16.7 Å². The van der Waals surface area contributed by atoms with Crippen LogP contribution in [0.3, 0.4) is 0 Å². The molecule has 0 saturated heterocycles. The lowest BCUT2D eigenvalue weighted by atomic mass is 10.2. The van der Waals surface area contributed by atoms with Gasteiger partial charge >= 0.3 is 0 Å². The number of hydrogen-bond acceptors (Lipinski definition) is 6. The molecule has 0 amide bonds. The largest absolute Gasteiger partial charge is 0.294 e. The summed E-state index contributed by atoms with van der Waals surface area (Å²) in [6.45, 7) is 5.83. The standard InChI is InChI=1S/C27H30N3O3P3/c1-34(19-25(31)22-13-7-4-8-14-22)28-35(2,20-26(32)23-15-9-5-10-16-23)30-36(3,29-34)21-27(33)24-17-11-6-12-18-24/h4-18H,19-21H2,1-3H3. The smallest absolute Gasteiger partial charge is 0.170 e. The molecule has 0 saturated carbocycles. The van der Waals surface area contributed by atoms with E-state index < -0.39 is 21.6 Å². The first-order valence-corrected chi connectivity index (χ1v) is 18.6. The third-order valence-corrected chi connectivity index (χ3v) is 17.7. The van der Waals surface area contributed by atoms with Crippen molar-refractivity contribution in [3.05, 3.63) is 108 Å². The van der Waals surface area contributed by atoms with Crippen LogP contribution in [-0.2, 0) is 0 Å². The van der Waals surface area contributed by atoms with Crippen molar-refractivity contribution in [1.29, 1.82) is 0 Å². The van der Waals surface area contributed by atoms with Gasteiger partial charge in [-0.15, -0.1) is 0 Å². The van der Waals surface area contributed by atoms with Gasteiger partial charge in [-0.1, -0.05) is 91.0 Å². The molecule has 3 aromatic carbocycles. The molecule has 1 heterocycles. The first-order valence-electron chi connectivity index (χ1n) is 11.6. The molecule has 0 fully saturated rings. The minimum absolute atomic E-state index is 0.0253. The second-order valence-corrected chi connectivity index (χ2v) is 19.0. The van der Waals surface area contributed by atoms with E-state index in [4.69, 9.17) is 13.5 Å². The highest BCUT2D eigenvalue weighted by Gasteiger charge is 2.33. The van der Waals surface area contributed by atoms with E-state index in [9.17, 15) is 14.4 Å². The van der Waals surface area contributed by atoms with Crippen LogP contribution in [0.4, 0.5) is 0 Å². The zero-order valence-electron chi connectivity index (χ0n) is 20.7. The van der Waals surface area contributed by atoms with Crippen LogP contribution in [-0.4, -0.2) is 55.8 Å². The molecule has 0 radical (unpaired) electrons. The Bertz CT molecular complexity index is 1270. The molecule has 0 bridgehead atoms. The summed E-state index contributed by atoms with van der Waals surface area (Å²) < 4.78 is 15.3. The lowest BCUT2D eigenvalue weighted by Gasteiger charge is -2.32. The third kappa shape index (κ3) is 6.56. The van der Waals surface area contributed by atoms with Crippen LogP contribution in [0.15, 0.2) is 105 Å². The maximum absolute atomic E-state index is 13.2. The molecule has 0 aromatic heterocycles. The third-order valence-electron chi connectivity index (χ3n) is 5.77.